The van der Waals surface area contributed by atoms with Gasteiger partial charge in [-0.15, -0.1) is 11.6 Å². The second-order valence-corrected chi connectivity index (χ2v) is 10.5. The summed E-state index contributed by atoms with van der Waals surface area (Å²) >= 11 is 7.72. The highest BCUT2D eigenvalue weighted by molar-refractivity contribution is 7.99. The van der Waals surface area contributed by atoms with Crippen molar-refractivity contribution < 1.29 is 14.6 Å². The van der Waals surface area contributed by atoms with E-state index < -0.39 is 6.10 Å². The van der Waals surface area contributed by atoms with Gasteiger partial charge in [-0.3, -0.25) is 4.90 Å². The number of β-amino-alcohol motifs (C(OH)–C–C–N with tert-alkyl or cyclic N) is 1. The van der Waals surface area contributed by atoms with Crippen molar-refractivity contribution >= 4 is 23.4 Å². The minimum atomic E-state index is -0.470. The van der Waals surface area contributed by atoms with E-state index in [2.05, 4.69) is 56.0 Å². The predicted molar refractivity (Wildman–Crippen MR) is 136 cm³/mol. The van der Waals surface area contributed by atoms with Gasteiger partial charge >= 0.3 is 0 Å². The molecule has 6 heteroatoms. The molecule has 0 aliphatic carbocycles. The standard InChI is InChI=1S/C26H36ClNO3S/c1-20-17-22(7-10-25(20)30-14-4-11-27)26(2,3)21-5-8-24(9-6-21)31-19-23(29)18-28-12-15-32-16-13-28/h5-10,17,23,29H,4,11-16,18-19H2,1-3H3. The van der Waals surface area contributed by atoms with Crippen LogP contribution < -0.4 is 9.47 Å². The highest BCUT2D eigenvalue weighted by Crippen LogP contribution is 2.34. The first-order valence-corrected chi connectivity index (χ1v) is 13.1. The molecule has 0 bridgehead atoms. The molecule has 3 rings (SSSR count). The number of aliphatic hydroxyl groups is 1. The van der Waals surface area contributed by atoms with Gasteiger partial charge in [-0.1, -0.05) is 38.1 Å². The zero-order valence-corrected chi connectivity index (χ0v) is 21.1. The maximum Gasteiger partial charge on any atom is 0.122 e. The predicted octanol–water partition coefficient (Wildman–Crippen LogP) is 5.12. The first-order valence-electron chi connectivity index (χ1n) is 11.4. The molecule has 0 aromatic heterocycles. The average molecular weight is 478 g/mol. The number of benzene rings is 2. The zero-order chi connectivity index (χ0) is 23.0. The molecule has 1 atom stereocenters. The molecule has 1 fully saturated rings. The second kappa shape index (κ2) is 12.2. The maximum absolute atomic E-state index is 10.3. The van der Waals surface area contributed by atoms with E-state index in [1.165, 1.54) is 11.1 Å². The summed E-state index contributed by atoms with van der Waals surface area (Å²) in [5.41, 5.74) is 3.44. The molecule has 1 saturated heterocycles. The van der Waals surface area contributed by atoms with Crippen LogP contribution in [-0.2, 0) is 5.41 Å². The number of alkyl halides is 1. The molecule has 2 aromatic carbocycles. The number of ether oxygens (including phenoxy) is 2. The summed E-state index contributed by atoms with van der Waals surface area (Å²) in [7, 11) is 0. The van der Waals surface area contributed by atoms with Crippen molar-refractivity contribution in [1.29, 1.82) is 0 Å². The van der Waals surface area contributed by atoms with Gasteiger partial charge in [0.2, 0.25) is 0 Å². The monoisotopic (exact) mass is 477 g/mol. The largest absolute Gasteiger partial charge is 0.493 e. The summed E-state index contributed by atoms with van der Waals surface area (Å²) in [6.45, 7) is 10.3. The van der Waals surface area contributed by atoms with Crippen LogP contribution in [0.2, 0.25) is 0 Å². The quantitative estimate of drug-likeness (QED) is 0.359. The fourth-order valence-corrected chi connectivity index (χ4v) is 4.99. The third-order valence-corrected chi connectivity index (χ3v) is 7.23. The first kappa shape index (κ1) is 25.2. The van der Waals surface area contributed by atoms with E-state index in [1.54, 1.807) is 0 Å². The normalized spacial score (nSPS) is 16.0. The van der Waals surface area contributed by atoms with Crippen molar-refractivity contribution in [2.45, 2.75) is 38.7 Å². The third kappa shape index (κ3) is 7.05. The Labute approximate surface area is 202 Å². The molecule has 1 unspecified atom stereocenters. The molecule has 1 heterocycles. The van der Waals surface area contributed by atoms with Gasteiger partial charge in [0.25, 0.3) is 0 Å². The molecule has 0 saturated carbocycles. The van der Waals surface area contributed by atoms with Gasteiger partial charge in [-0.05, 0) is 48.2 Å². The molecule has 0 spiro atoms. The Kier molecular flexibility index (Phi) is 9.60. The summed E-state index contributed by atoms with van der Waals surface area (Å²) in [4.78, 5) is 2.31. The molecule has 1 aliphatic heterocycles. The van der Waals surface area contributed by atoms with Crippen molar-refractivity contribution in [3.05, 3.63) is 59.2 Å². The Morgan fingerprint density at radius 2 is 1.75 bits per heavy atom. The van der Waals surface area contributed by atoms with E-state index >= 15 is 0 Å². The van der Waals surface area contributed by atoms with Gasteiger partial charge in [0, 0.05) is 42.4 Å². The van der Waals surface area contributed by atoms with Gasteiger partial charge in [-0.2, -0.15) is 11.8 Å². The summed E-state index contributed by atoms with van der Waals surface area (Å²) < 4.78 is 11.7. The maximum atomic E-state index is 10.3. The lowest BCUT2D eigenvalue weighted by Crippen LogP contribution is -2.40. The first-order chi connectivity index (χ1) is 15.4. The lowest BCUT2D eigenvalue weighted by molar-refractivity contribution is 0.0715. The Hall–Kier alpha value is -1.40. The fourth-order valence-electron chi connectivity index (χ4n) is 3.90. The fraction of sp³-hybridized carbons (Fsp3) is 0.538. The SMILES string of the molecule is Cc1cc(C(C)(C)c2ccc(OCC(O)CN3CCSCC3)cc2)ccc1OCCCCl. The van der Waals surface area contributed by atoms with Crippen LogP contribution in [0.15, 0.2) is 42.5 Å². The zero-order valence-electron chi connectivity index (χ0n) is 19.5. The summed E-state index contributed by atoms with van der Waals surface area (Å²) in [6.07, 6.45) is 0.374. The van der Waals surface area contributed by atoms with Crippen LogP contribution in [0.1, 0.15) is 37.0 Å². The number of rotatable bonds is 11. The molecule has 176 valence electrons. The number of hydrogen-bond acceptors (Lipinski definition) is 5. The molecule has 1 aliphatic rings. The van der Waals surface area contributed by atoms with E-state index in [4.69, 9.17) is 21.1 Å². The highest BCUT2D eigenvalue weighted by Gasteiger charge is 2.24. The molecule has 0 radical (unpaired) electrons. The molecule has 1 N–H and O–H groups in total. The second-order valence-electron chi connectivity index (χ2n) is 8.90. The molecule has 32 heavy (non-hydrogen) atoms. The minimum Gasteiger partial charge on any atom is -0.493 e. The molecule has 4 nitrogen and oxygen atoms in total. The van der Waals surface area contributed by atoms with Crippen LogP contribution in [0.5, 0.6) is 11.5 Å². The van der Waals surface area contributed by atoms with E-state index in [1.807, 2.05) is 23.9 Å². The van der Waals surface area contributed by atoms with E-state index in [-0.39, 0.29) is 5.41 Å². The van der Waals surface area contributed by atoms with Gasteiger partial charge in [0.15, 0.2) is 0 Å². The number of aryl methyl sites for hydroxylation is 1. The van der Waals surface area contributed by atoms with Crippen molar-refractivity contribution in [1.82, 2.24) is 4.90 Å². The number of thioether (sulfide) groups is 1. The van der Waals surface area contributed by atoms with Crippen LogP contribution in [0.3, 0.4) is 0 Å². The van der Waals surface area contributed by atoms with Crippen molar-refractivity contribution in [3.8, 4) is 11.5 Å². The van der Waals surface area contributed by atoms with Crippen molar-refractivity contribution in [2.75, 3.05) is 50.2 Å². The van der Waals surface area contributed by atoms with Crippen LogP contribution in [0.25, 0.3) is 0 Å². The van der Waals surface area contributed by atoms with Crippen LogP contribution in [0, 0.1) is 6.92 Å². The summed E-state index contributed by atoms with van der Waals surface area (Å²) in [5, 5.41) is 10.3. The number of aliphatic hydroxyl groups excluding tert-OH is 1. The number of nitrogens with zero attached hydrogens (tertiary/aromatic N) is 1. The average Bonchev–Trinajstić information content (AvgIpc) is 2.80. The molecular weight excluding hydrogens is 442 g/mol. The van der Waals surface area contributed by atoms with Crippen LogP contribution in [0.4, 0.5) is 0 Å². The van der Waals surface area contributed by atoms with E-state index in [0.717, 1.165) is 48.1 Å². The summed E-state index contributed by atoms with van der Waals surface area (Å²) in [5.74, 6) is 4.61. The number of hydrogen-bond donors (Lipinski definition) is 1. The topological polar surface area (TPSA) is 41.9 Å². The molecule has 0 amide bonds. The molecule has 2 aromatic rings. The Bertz CT molecular complexity index is 837. The lowest BCUT2D eigenvalue weighted by atomic mass is 9.77. The molecular formula is C26H36ClNO3S. The van der Waals surface area contributed by atoms with Gasteiger partial charge in [-0.25, -0.2) is 0 Å². The Balaban J connectivity index is 1.57. The third-order valence-electron chi connectivity index (χ3n) is 6.02. The Morgan fingerprint density at radius 3 is 2.41 bits per heavy atom. The van der Waals surface area contributed by atoms with Crippen LogP contribution in [-0.4, -0.2) is 66.3 Å². The highest BCUT2D eigenvalue weighted by atomic mass is 35.5. The van der Waals surface area contributed by atoms with Gasteiger partial charge < -0.3 is 14.6 Å². The lowest BCUT2D eigenvalue weighted by Gasteiger charge is -2.28. The Morgan fingerprint density at radius 1 is 1.06 bits per heavy atom. The summed E-state index contributed by atoms with van der Waals surface area (Å²) in [6, 6.07) is 14.6. The van der Waals surface area contributed by atoms with Crippen LogP contribution >= 0.6 is 23.4 Å². The van der Waals surface area contributed by atoms with Crippen molar-refractivity contribution in [2.24, 2.45) is 0 Å². The minimum absolute atomic E-state index is 0.149. The van der Waals surface area contributed by atoms with E-state index in [9.17, 15) is 5.11 Å². The van der Waals surface area contributed by atoms with Gasteiger partial charge in [0.1, 0.15) is 24.2 Å². The number of halogens is 1. The smallest absolute Gasteiger partial charge is 0.122 e. The van der Waals surface area contributed by atoms with Crippen molar-refractivity contribution in [3.63, 3.8) is 0 Å². The van der Waals surface area contributed by atoms with Gasteiger partial charge in [0.05, 0.1) is 6.61 Å². The van der Waals surface area contributed by atoms with E-state index in [0.29, 0.717) is 25.6 Å².